The zero-order chi connectivity index (χ0) is 12.8. The van der Waals surface area contributed by atoms with E-state index < -0.39 is 0 Å². The first-order chi connectivity index (χ1) is 7.71. The van der Waals surface area contributed by atoms with Crippen LogP contribution in [0.1, 0.15) is 52.8 Å². The van der Waals surface area contributed by atoms with E-state index >= 15 is 0 Å². The quantitative estimate of drug-likeness (QED) is 0.670. The third-order valence-corrected chi connectivity index (χ3v) is 3.01. The lowest BCUT2D eigenvalue weighted by Crippen LogP contribution is -2.17. The molecule has 2 aromatic heterocycles. The van der Waals surface area contributed by atoms with Gasteiger partial charge in [0, 0.05) is 17.0 Å². The summed E-state index contributed by atoms with van der Waals surface area (Å²) in [5, 5.41) is 1.19. The van der Waals surface area contributed by atoms with Crippen LogP contribution in [0.5, 0.6) is 0 Å². The highest BCUT2D eigenvalue weighted by molar-refractivity contribution is 5.84. The summed E-state index contributed by atoms with van der Waals surface area (Å²) >= 11 is 0. The molecule has 2 nitrogen and oxygen atoms in total. The van der Waals surface area contributed by atoms with E-state index in [2.05, 4.69) is 46.5 Å². The molecule has 17 heavy (non-hydrogen) atoms. The lowest BCUT2D eigenvalue weighted by molar-refractivity contribution is 0.537. The molecule has 0 amide bonds. The van der Waals surface area contributed by atoms with Gasteiger partial charge in [-0.3, -0.25) is 4.98 Å². The molecule has 0 bridgehead atoms. The number of fused-ring (bicyclic) bond motifs is 1. The van der Waals surface area contributed by atoms with Crippen LogP contribution in [-0.2, 0) is 10.8 Å². The monoisotopic (exact) mass is 231 g/mol. The number of hydrogen-bond acceptors (Lipinski definition) is 2. The minimum Gasteiger partial charge on any atom is -0.462 e. The molecule has 0 N–H and O–H groups in total. The number of aromatic nitrogens is 1. The Balaban J connectivity index is 2.76. The highest BCUT2D eigenvalue weighted by atomic mass is 16.3. The van der Waals surface area contributed by atoms with Crippen LogP contribution < -0.4 is 0 Å². The molecule has 2 aromatic rings. The summed E-state index contributed by atoms with van der Waals surface area (Å²) in [4.78, 5) is 4.62. The van der Waals surface area contributed by atoms with E-state index in [1.807, 2.05) is 12.3 Å². The summed E-state index contributed by atoms with van der Waals surface area (Å²) in [6.07, 6.45) is 3.76. The molecule has 2 heterocycles. The molecule has 0 fully saturated rings. The molecular formula is C15H21NO. The summed E-state index contributed by atoms with van der Waals surface area (Å²) < 4.78 is 5.65. The molecule has 0 radical (unpaired) electrons. The van der Waals surface area contributed by atoms with Crippen molar-refractivity contribution in [2.45, 2.75) is 52.4 Å². The maximum Gasteiger partial charge on any atom is 0.156 e. The van der Waals surface area contributed by atoms with Gasteiger partial charge in [0.1, 0.15) is 0 Å². The van der Waals surface area contributed by atoms with Crippen molar-refractivity contribution >= 4 is 11.0 Å². The SMILES string of the molecule is CC(C)(C)c1cnc(C(C)(C)C)c2occc12. The molecule has 0 aromatic carbocycles. The Bertz CT molecular complexity index is 490. The number of hydrogen-bond donors (Lipinski definition) is 0. The van der Waals surface area contributed by atoms with Gasteiger partial charge >= 0.3 is 0 Å². The Morgan fingerprint density at radius 1 is 1.00 bits per heavy atom. The minimum atomic E-state index is 0.00647. The van der Waals surface area contributed by atoms with Crippen LogP contribution in [0.25, 0.3) is 11.0 Å². The Kier molecular flexibility index (Phi) is 2.57. The van der Waals surface area contributed by atoms with Crippen molar-refractivity contribution in [2.24, 2.45) is 0 Å². The van der Waals surface area contributed by atoms with Crippen LogP contribution in [0.3, 0.4) is 0 Å². The van der Waals surface area contributed by atoms with E-state index in [-0.39, 0.29) is 10.8 Å². The van der Waals surface area contributed by atoms with Crippen molar-refractivity contribution in [3.63, 3.8) is 0 Å². The third kappa shape index (κ3) is 2.08. The van der Waals surface area contributed by atoms with Crippen molar-refractivity contribution in [1.29, 1.82) is 0 Å². The molecule has 2 heteroatoms. The van der Waals surface area contributed by atoms with Gasteiger partial charge < -0.3 is 4.42 Å². The fourth-order valence-electron chi connectivity index (χ4n) is 2.09. The lowest BCUT2D eigenvalue weighted by atomic mass is 9.84. The number of nitrogens with zero attached hydrogens (tertiary/aromatic N) is 1. The molecule has 0 aliphatic heterocycles. The van der Waals surface area contributed by atoms with Crippen molar-refractivity contribution in [3.05, 3.63) is 29.8 Å². The third-order valence-electron chi connectivity index (χ3n) is 3.01. The molecule has 0 spiro atoms. The Morgan fingerprint density at radius 3 is 2.18 bits per heavy atom. The minimum absolute atomic E-state index is 0.00647. The van der Waals surface area contributed by atoms with Gasteiger partial charge in [-0.15, -0.1) is 0 Å². The maximum absolute atomic E-state index is 5.65. The van der Waals surface area contributed by atoms with Gasteiger partial charge in [0.2, 0.25) is 0 Å². The van der Waals surface area contributed by atoms with Crippen LogP contribution in [0, 0.1) is 0 Å². The smallest absolute Gasteiger partial charge is 0.156 e. The average Bonchev–Trinajstić information content (AvgIpc) is 2.60. The van der Waals surface area contributed by atoms with E-state index in [1.54, 1.807) is 6.26 Å². The summed E-state index contributed by atoms with van der Waals surface area (Å²) in [7, 11) is 0. The van der Waals surface area contributed by atoms with E-state index in [9.17, 15) is 0 Å². The van der Waals surface area contributed by atoms with Gasteiger partial charge in [0.25, 0.3) is 0 Å². The van der Waals surface area contributed by atoms with Crippen LogP contribution in [0.4, 0.5) is 0 Å². The Hall–Kier alpha value is -1.31. The molecular weight excluding hydrogens is 210 g/mol. The van der Waals surface area contributed by atoms with E-state index in [0.29, 0.717) is 0 Å². The van der Waals surface area contributed by atoms with E-state index in [0.717, 1.165) is 11.3 Å². The molecule has 0 saturated carbocycles. The van der Waals surface area contributed by atoms with Crippen molar-refractivity contribution < 1.29 is 4.42 Å². The molecule has 0 aliphatic carbocycles. The Morgan fingerprint density at radius 2 is 1.65 bits per heavy atom. The average molecular weight is 231 g/mol. The van der Waals surface area contributed by atoms with Crippen LogP contribution >= 0.6 is 0 Å². The summed E-state index contributed by atoms with van der Waals surface area (Å²) in [6.45, 7) is 13.1. The molecule has 0 atom stereocenters. The number of pyridine rings is 1. The second-order valence-electron chi connectivity index (χ2n) is 6.68. The fraction of sp³-hybridized carbons (Fsp3) is 0.533. The van der Waals surface area contributed by atoms with Crippen molar-refractivity contribution in [1.82, 2.24) is 4.98 Å². The molecule has 2 rings (SSSR count). The molecule has 0 aliphatic rings. The fourth-order valence-corrected chi connectivity index (χ4v) is 2.09. The van der Waals surface area contributed by atoms with Gasteiger partial charge in [0.05, 0.1) is 12.0 Å². The highest BCUT2D eigenvalue weighted by Crippen LogP contribution is 2.35. The molecule has 0 unspecified atom stereocenters. The predicted octanol–water partition coefficient (Wildman–Crippen LogP) is 4.42. The van der Waals surface area contributed by atoms with Crippen LogP contribution in [0.15, 0.2) is 22.9 Å². The van der Waals surface area contributed by atoms with E-state index in [1.165, 1.54) is 10.9 Å². The van der Waals surface area contributed by atoms with Gasteiger partial charge in [0.15, 0.2) is 5.58 Å². The largest absolute Gasteiger partial charge is 0.462 e. The first-order valence-electron chi connectivity index (χ1n) is 6.08. The second kappa shape index (κ2) is 3.59. The van der Waals surface area contributed by atoms with Crippen molar-refractivity contribution in [3.8, 4) is 0 Å². The second-order valence-corrected chi connectivity index (χ2v) is 6.68. The first kappa shape index (κ1) is 12.2. The summed E-state index contributed by atoms with van der Waals surface area (Å²) in [5.41, 5.74) is 3.31. The Labute approximate surface area is 103 Å². The van der Waals surface area contributed by atoms with Crippen LogP contribution in [-0.4, -0.2) is 4.98 Å². The standard InChI is InChI=1S/C15H21NO/c1-14(2,3)11-9-16-13(15(4,5)6)12-10(11)7-8-17-12/h7-9H,1-6H3. The van der Waals surface area contributed by atoms with Crippen molar-refractivity contribution in [2.75, 3.05) is 0 Å². The lowest BCUT2D eigenvalue weighted by Gasteiger charge is -2.23. The van der Waals surface area contributed by atoms with Gasteiger partial charge in [-0.25, -0.2) is 0 Å². The first-order valence-corrected chi connectivity index (χ1v) is 6.08. The highest BCUT2D eigenvalue weighted by Gasteiger charge is 2.25. The molecule has 0 saturated heterocycles. The topological polar surface area (TPSA) is 26.0 Å². The molecule has 92 valence electrons. The normalized spacial score (nSPS) is 13.3. The zero-order valence-electron chi connectivity index (χ0n) is 11.6. The number of rotatable bonds is 0. The number of furan rings is 1. The predicted molar refractivity (Wildman–Crippen MR) is 71.4 cm³/mol. The summed E-state index contributed by atoms with van der Waals surface area (Å²) in [5.74, 6) is 0. The van der Waals surface area contributed by atoms with Gasteiger partial charge in [-0.2, -0.15) is 0 Å². The van der Waals surface area contributed by atoms with Gasteiger partial charge in [-0.05, 0) is 17.0 Å². The maximum atomic E-state index is 5.65. The van der Waals surface area contributed by atoms with Gasteiger partial charge in [-0.1, -0.05) is 41.5 Å². The zero-order valence-corrected chi connectivity index (χ0v) is 11.6. The van der Waals surface area contributed by atoms with E-state index in [4.69, 9.17) is 4.42 Å². The summed E-state index contributed by atoms with van der Waals surface area (Å²) in [6, 6.07) is 2.05. The van der Waals surface area contributed by atoms with Crippen LogP contribution in [0.2, 0.25) is 0 Å².